The van der Waals surface area contributed by atoms with Gasteiger partial charge in [-0.25, -0.2) is 0 Å². The summed E-state index contributed by atoms with van der Waals surface area (Å²) in [5.74, 6) is 0.209. The highest BCUT2D eigenvalue weighted by Crippen LogP contribution is 2.26. The van der Waals surface area contributed by atoms with Crippen molar-refractivity contribution in [2.45, 2.75) is 70.1 Å². The summed E-state index contributed by atoms with van der Waals surface area (Å²) in [4.78, 5) is 12.5. The minimum Gasteiger partial charge on any atom is -0.378 e. The van der Waals surface area contributed by atoms with Crippen LogP contribution in [-0.4, -0.2) is 36.7 Å². The van der Waals surface area contributed by atoms with Gasteiger partial charge in [-0.15, -0.1) is 0 Å². The zero-order chi connectivity index (χ0) is 13.0. The van der Waals surface area contributed by atoms with Gasteiger partial charge in [-0.1, -0.05) is 13.3 Å². The molecule has 0 saturated carbocycles. The lowest BCUT2D eigenvalue weighted by Gasteiger charge is -2.33. The molecule has 2 N–H and O–H groups in total. The molecule has 0 aromatic heterocycles. The normalized spacial score (nSPS) is 36.6. The number of amides is 1. The van der Waals surface area contributed by atoms with Gasteiger partial charge in [0, 0.05) is 12.6 Å². The lowest BCUT2D eigenvalue weighted by Crippen LogP contribution is -2.56. The Morgan fingerprint density at radius 3 is 3.00 bits per heavy atom. The monoisotopic (exact) mass is 254 g/mol. The van der Waals surface area contributed by atoms with Crippen molar-refractivity contribution in [2.24, 2.45) is 0 Å². The lowest BCUT2D eigenvalue weighted by molar-refractivity contribution is -0.129. The second kappa shape index (κ2) is 6.02. The Morgan fingerprint density at radius 2 is 2.39 bits per heavy atom. The summed E-state index contributed by atoms with van der Waals surface area (Å²) in [6, 6.07) is 0.289. The summed E-state index contributed by atoms with van der Waals surface area (Å²) < 4.78 is 5.52. The molecule has 0 aliphatic carbocycles. The maximum atomic E-state index is 12.5. The average molecular weight is 254 g/mol. The van der Waals surface area contributed by atoms with Crippen molar-refractivity contribution in [1.82, 2.24) is 10.6 Å². The molecule has 104 valence electrons. The van der Waals surface area contributed by atoms with Crippen LogP contribution in [0.1, 0.15) is 52.4 Å². The predicted octanol–water partition coefficient (Wildman–Crippen LogP) is 1.59. The van der Waals surface area contributed by atoms with Crippen LogP contribution in [0.3, 0.4) is 0 Å². The molecule has 2 aliphatic heterocycles. The standard InChI is InChI=1S/C14H26N2O2/c1-3-6-14(7-4-8-15-14)13(17)16-12-5-9-18-11(2)10-12/h11-12,15H,3-10H2,1-2H3,(H,16,17). The topological polar surface area (TPSA) is 50.4 Å². The zero-order valence-electron chi connectivity index (χ0n) is 11.6. The number of hydrogen-bond acceptors (Lipinski definition) is 3. The van der Waals surface area contributed by atoms with E-state index in [1.165, 1.54) is 0 Å². The van der Waals surface area contributed by atoms with Crippen LogP contribution in [-0.2, 0) is 9.53 Å². The third-order valence-corrected chi connectivity index (χ3v) is 4.18. The lowest BCUT2D eigenvalue weighted by atomic mass is 9.90. The first kappa shape index (κ1) is 13.8. The molecule has 2 fully saturated rings. The Balaban J connectivity index is 1.92. The number of rotatable bonds is 4. The molecule has 18 heavy (non-hydrogen) atoms. The van der Waals surface area contributed by atoms with E-state index in [0.29, 0.717) is 0 Å². The highest BCUT2D eigenvalue weighted by molar-refractivity contribution is 5.87. The van der Waals surface area contributed by atoms with Gasteiger partial charge in [-0.2, -0.15) is 0 Å². The van der Waals surface area contributed by atoms with E-state index in [1.807, 2.05) is 0 Å². The van der Waals surface area contributed by atoms with Crippen molar-refractivity contribution >= 4 is 5.91 Å². The largest absolute Gasteiger partial charge is 0.378 e. The number of carbonyl (C=O) groups excluding carboxylic acids is 1. The molecule has 2 saturated heterocycles. The fourth-order valence-electron chi connectivity index (χ4n) is 3.21. The van der Waals surface area contributed by atoms with Crippen LogP contribution >= 0.6 is 0 Å². The number of hydrogen-bond donors (Lipinski definition) is 2. The Bertz CT molecular complexity index is 288. The Labute approximate surface area is 110 Å². The van der Waals surface area contributed by atoms with Gasteiger partial charge in [0.15, 0.2) is 0 Å². The molecule has 0 aromatic rings. The van der Waals surface area contributed by atoms with Crippen LogP contribution in [0.25, 0.3) is 0 Å². The predicted molar refractivity (Wildman–Crippen MR) is 71.5 cm³/mol. The van der Waals surface area contributed by atoms with E-state index < -0.39 is 0 Å². The molecule has 0 radical (unpaired) electrons. The summed E-state index contributed by atoms with van der Waals surface area (Å²) in [5.41, 5.74) is -0.295. The quantitative estimate of drug-likeness (QED) is 0.801. The molecular formula is C14H26N2O2. The van der Waals surface area contributed by atoms with Crippen LogP contribution in [0, 0.1) is 0 Å². The molecule has 0 spiro atoms. The Kier molecular flexibility index (Phi) is 4.62. The van der Waals surface area contributed by atoms with Gasteiger partial charge in [0.25, 0.3) is 0 Å². The van der Waals surface area contributed by atoms with Crippen molar-refractivity contribution in [2.75, 3.05) is 13.2 Å². The first-order valence-electron chi connectivity index (χ1n) is 7.34. The molecule has 4 heteroatoms. The fraction of sp³-hybridized carbons (Fsp3) is 0.929. The highest BCUT2D eigenvalue weighted by Gasteiger charge is 2.40. The SMILES string of the molecule is CCCC1(C(=O)NC2CCOC(C)C2)CCCN1. The minimum atomic E-state index is -0.295. The summed E-state index contributed by atoms with van der Waals surface area (Å²) in [6.45, 7) is 5.96. The van der Waals surface area contributed by atoms with Gasteiger partial charge in [-0.3, -0.25) is 4.79 Å². The molecule has 1 amide bonds. The molecule has 0 bridgehead atoms. The van der Waals surface area contributed by atoms with E-state index in [4.69, 9.17) is 4.74 Å². The summed E-state index contributed by atoms with van der Waals surface area (Å²) in [6.07, 6.45) is 6.22. The van der Waals surface area contributed by atoms with E-state index in [1.54, 1.807) is 0 Å². The second-order valence-electron chi connectivity index (χ2n) is 5.74. The molecule has 2 aliphatic rings. The third-order valence-electron chi connectivity index (χ3n) is 4.18. The summed E-state index contributed by atoms with van der Waals surface area (Å²) >= 11 is 0. The first-order chi connectivity index (χ1) is 8.66. The third kappa shape index (κ3) is 3.04. The van der Waals surface area contributed by atoms with Gasteiger partial charge in [-0.05, 0) is 45.6 Å². The van der Waals surface area contributed by atoms with E-state index in [9.17, 15) is 4.79 Å². The van der Waals surface area contributed by atoms with E-state index in [0.717, 1.165) is 51.7 Å². The van der Waals surface area contributed by atoms with Crippen LogP contribution < -0.4 is 10.6 Å². The maximum Gasteiger partial charge on any atom is 0.240 e. The highest BCUT2D eigenvalue weighted by atomic mass is 16.5. The molecule has 2 rings (SSSR count). The Morgan fingerprint density at radius 1 is 1.56 bits per heavy atom. The molecule has 0 aromatic carbocycles. The maximum absolute atomic E-state index is 12.5. The van der Waals surface area contributed by atoms with Gasteiger partial charge < -0.3 is 15.4 Å². The van der Waals surface area contributed by atoms with Gasteiger partial charge >= 0.3 is 0 Å². The van der Waals surface area contributed by atoms with E-state index >= 15 is 0 Å². The molecule has 3 atom stereocenters. The van der Waals surface area contributed by atoms with E-state index in [2.05, 4.69) is 24.5 Å². The van der Waals surface area contributed by atoms with Gasteiger partial charge in [0.2, 0.25) is 5.91 Å². The van der Waals surface area contributed by atoms with Gasteiger partial charge in [0.1, 0.15) is 0 Å². The second-order valence-corrected chi connectivity index (χ2v) is 5.74. The van der Waals surface area contributed by atoms with E-state index in [-0.39, 0.29) is 23.6 Å². The van der Waals surface area contributed by atoms with Crippen LogP contribution in [0.5, 0.6) is 0 Å². The molecule has 3 unspecified atom stereocenters. The smallest absolute Gasteiger partial charge is 0.240 e. The Hall–Kier alpha value is -0.610. The van der Waals surface area contributed by atoms with Crippen LogP contribution in [0.15, 0.2) is 0 Å². The molecular weight excluding hydrogens is 228 g/mol. The van der Waals surface area contributed by atoms with Crippen molar-refractivity contribution in [3.63, 3.8) is 0 Å². The first-order valence-corrected chi connectivity index (χ1v) is 7.34. The summed E-state index contributed by atoms with van der Waals surface area (Å²) in [5, 5.41) is 6.66. The number of nitrogens with one attached hydrogen (secondary N) is 2. The minimum absolute atomic E-state index is 0.209. The number of ether oxygens (including phenoxy) is 1. The average Bonchev–Trinajstić information content (AvgIpc) is 2.79. The van der Waals surface area contributed by atoms with Crippen molar-refractivity contribution < 1.29 is 9.53 Å². The van der Waals surface area contributed by atoms with Crippen molar-refractivity contribution in [1.29, 1.82) is 0 Å². The van der Waals surface area contributed by atoms with Gasteiger partial charge in [0.05, 0.1) is 11.6 Å². The van der Waals surface area contributed by atoms with Crippen molar-refractivity contribution in [3.8, 4) is 0 Å². The van der Waals surface area contributed by atoms with Crippen LogP contribution in [0.2, 0.25) is 0 Å². The fourth-order valence-corrected chi connectivity index (χ4v) is 3.21. The zero-order valence-corrected chi connectivity index (χ0v) is 11.6. The van der Waals surface area contributed by atoms with Crippen molar-refractivity contribution in [3.05, 3.63) is 0 Å². The summed E-state index contributed by atoms with van der Waals surface area (Å²) in [7, 11) is 0. The number of carbonyl (C=O) groups is 1. The molecule has 2 heterocycles. The van der Waals surface area contributed by atoms with Crippen LogP contribution in [0.4, 0.5) is 0 Å². The molecule has 4 nitrogen and oxygen atoms in total.